The van der Waals surface area contributed by atoms with Gasteiger partial charge in [-0.25, -0.2) is 0 Å². The normalized spacial score (nSPS) is 27.7. The first-order chi connectivity index (χ1) is 9.89. The number of carboxylic acids is 1. The standard InChI is InChI=1S/C16H25NO3S/c1-12(10-14-4-3-9-21-14)17(2)11-16(20)7-5-13(6-8-16)15(18)19/h3-4,9,12-13,20H,5-8,10-11H2,1-2H3,(H,18,19). The molecule has 0 spiro atoms. The lowest BCUT2D eigenvalue weighted by Crippen LogP contribution is -2.47. The molecule has 5 heteroatoms. The van der Waals surface area contributed by atoms with E-state index >= 15 is 0 Å². The summed E-state index contributed by atoms with van der Waals surface area (Å²) in [4.78, 5) is 14.5. The van der Waals surface area contributed by atoms with E-state index < -0.39 is 11.6 Å². The molecule has 118 valence electrons. The van der Waals surface area contributed by atoms with Gasteiger partial charge in [0, 0.05) is 17.5 Å². The number of nitrogens with zero attached hydrogens (tertiary/aromatic N) is 1. The zero-order valence-electron chi connectivity index (χ0n) is 12.8. The van der Waals surface area contributed by atoms with Crippen LogP contribution in [0.25, 0.3) is 0 Å². The van der Waals surface area contributed by atoms with Crippen LogP contribution in [0.5, 0.6) is 0 Å². The molecule has 1 saturated carbocycles. The van der Waals surface area contributed by atoms with E-state index in [1.54, 1.807) is 11.3 Å². The van der Waals surface area contributed by atoms with Gasteiger partial charge in [-0.05, 0) is 57.5 Å². The maximum absolute atomic E-state index is 11.0. The summed E-state index contributed by atoms with van der Waals surface area (Å²) in [5, 5.41) is 21.8. The van der Waals surface area contributed by atoms with Crippen LogP contribution in [-0.4, -0.2) is 46.3 Å². The van der Waals surface area contributed by atoms with Gasteiger partial charge in [-0.1, -0.05) is 6.07 Å². The monoisotopic (exact) mass is 311 g/mol. The topological polar surface area (TPSA) is 60.8 Å². The predicted molar refractivity (Wildman–Crippen MR) is 84.7 cm³/mol. The molecule has 1 aliphatic carbocycles. The van der Waals surface area contributed by atoms with Crippen LogP contribution in [0.3, 0.4) is 0 Å². The summed E-state index contributed by atoms with van der Waals surface area (Å²) in [6.45, 7) is 2.79. The first kappa shape index (κ1) is 16.5. The van der Waals surface area contributed by atoms with E-state index in [1.807, 2.05) is 7.05 Å². The van der Waals surface area contributed by atoms with E-state index in [2.05, 4.69) is 29.3 Å². The second-order valence-electron chi connectivity index (χ2n) is 6.38. The fraction of sp³-hybridized carbons (Fsp3) is 0.688. The number of aliphatic carboxylic acids is 1. The molecule has 1 aromatic rings. The Labute approximate surface area is 130 Å². The van der Waals surface area contributed by atoms with Crippen LogP contribution >= 0.6 is 11.3 Å². The molecule has 1 heterocycles. The quantitative estimate of drug-likeness (QED) is 0.848. The molecule has 0 saturated heterocycles. The highest BCUT2D eigenvalue weighted by atomic mass is 32.1. The molecule has 2 rings (SSSR count). The third kappa shape index (κ3) is 4.53. The van der Waals surface area contributed by atoms with E-state index in [0.717, 1.165) is 6.42 Å². The second-order valence-corrected chi connectivity index (χ2v) is 7.42. The van der Waals surface area contributed by atoms with E-state index in [4.69, 9.17) is 5.11 Å². The van der Waals surface area contributed by atoms with Crippen molar-refractivity contribution < 1.29 is 15.0 Å². The van der Waals surface area contributed by atoms with Gasteiger partial charge in [-0.3, -0.25) is 4.79 Å². The molecular formula is C16H25NO3S. The molecule has 1 atom stereocenters. The van der Waals surface area contributed by atoms with Gasteiger partial charge in [0.25, 0.3) is 0 Å². The SMILES string of the molecule is CC(Cc1cccs1)N(C)CC1(O)CCC(C(=O)O)CC1. The zero-order chi connectivity index (χ0) is 15.5. The number of thiophene rings is 1. The lowest BCUT2D eigenvalue weighted by molar-refractivity contribution is -0.145. The van der Waals surface area contributed by atoms with Crippen LogP contribution < -0.4 is 0 Å². The van der Waals surface area contributed by atoms with Crippen LogP contribution in [0.4, 0.5) is 0 Å². The average molecular weight is 311 g/mol. The van der Waals surface area contributed by atoms with Gasteiger partial charge in [0.1, 0.15) is 0 Å². The Morgan fingerprint density at radius 3 is 2.71 bits per heavy atom. The number of aliphatic hydroxyl groups is 1. The smallest absolute Gasteiger partial charge is 0.306 e. The Hall–Kier alpha value is -0.910. The van der Waals surface area contributed by atoms with E-state index in [-0.39, 0.29) is 5.92 Å². The van der Waals surface area contributed by atoms with Gasteiger partial charge < -0.3 is 15.1 Å². The summed E-state index contributed by atoms with van der Waals surface area (Å²) in [6.07, 6.45) is 3.32. The highest BCUT2D eigenvalue weighted by Crippen LogP contribution is 2.33. The summed E-state index contributed by atoms with van der Waals surface area (Å²) in [7, 11) is 2.04. The summed E-state index contributed by atoms with van der Waals surface area (Å²) in [6, 6.07) is 4.57. The van der Waals surface area contributed by atoms with Crippen LogP contribution in [0.1, 0.15) is 37.5 Å². The Kier molecular flexibility index (Phi) is 5.41. The first-order valence-corrected chi connectivity index (χ1v) is 8.45. The van der Waals surface area contributed by atoms with E-state index in [1.165, 1.54) is 4.88 Å². The Morgan fingerprint density at radius 2 is 2.19 bits per heavy atom. The van der Waals surface area contributed by atoms with Gasteiger partial charge in [0.2, 0.25) is 0 Å². The number of likely N-dealkylation sites (N-methyl/N-ethyl adjacent to an activating group) is 1. The van der Waals surface area contributed by atoms with E-state index in [9.17, 15) is 9.90 Å². The van der Waals surface area contributed by atoms with Crippen molar-refractivity contribution in [2.45, 2.75) is 50.7 Å². The van der Waals surface area contributed by atoms with Crippen molar-refractivity contribution in [1.82, 2.24) is 4.90 Å². The largest absolute Gasteiger partial charge is 0.481 e. The molecular weight excluding hydrogens is 286 g/mol. The molecule has 0 aromatic carbocycles. The molecule has 1 fully saturated rings. The minimum atomic E-state index is -0.732. The second kappa shape index (κ2) is 6.90. The minimum Gasteiger partial charge on any atom is -0.481 e. The fourth-order valence-electron chi connectivity index (χ4n) is 3.06. The van der Waals surface area contributed by atoms with Crippen LogP contribution in [0, 0.1) is 5.92 Å². The maximum atomic E-state index is 11.0. The number of carboxylic acid groups (broad SMARTS) is 1. The molecule has 0 amide bonds. The molecule has 1 aromatic heterocycles. The van der Waals surface area contributed by atoms with E-state index in [0.29, 0.717) is 38.3 Å². The van der Waals surface area contributed by atoms with Gasteiger partial charge in [-0.15, -0.1) is 11.3 Å². The van der Waals surface area contributed by atoms with Crippen molar-refractivity contribution in [2.75, 3.05) is 13.6 Å². The van der Waals surface area contributed by atoms with Gasteiger partial charge in [0.15, 0.2) is 0 Å². The van der Waals surface area contributed by atoms with Crippen molar-refractivity contribution in [3.63, 3.8) is 0 Å². The predicted octanol–water partition coefficient (Wildman–Crippen LogP) is 2.62. The summed E-state index contributed by atoms with van der Waals surface area (Å²) in [5.74, 6) is -1.00. The average Bonchev–Trinajstić information content (AvgIpc) is 2.91. The number of carbonyl (C=O) groups is 1. The van der Waals surface area contributed by atoms with Gasteiger partial charge in [0.05, 0.1) is 11.5 Å². The lowest BCUT2D eigenvalue weighted by Gasteiger charge is -2.39. The summed E-state index contributed by atoms with van der Waals surface area (Å²) in [5.41, 5.74) is -0.732. The molecule has 21 heavy (non-hydrogen) atoms. The maximum Gasteiger partial charge on any atom is 0.306 e. The van der Waals surface area contributed by atoms with Crippen LogP contribution in [-0.2, 0) is 11.2 Å². The van der Waals surface area contributed by atoms with Gasteiger partial charge >= 0.3 is 5.97 Å². The highest BCUT2D eigenvalue weighted by Gasteiger charge is 2.37. The van der Waals surface area contributed by atoms with Gasteiger partial charge in [-0.2, -0.15) is 0 Å². The molecule has 4 nitrogen and oxygen atoms in total. The molecule has 0 bridgehead atoms. The third-order valence-electron chi connectivity index (χ3n) is 4.64. The Morgan fingerprint density at radius 1 is 1.52 bits per heavy atom. The van der Waals surface area contributed by atoms with Crippen LogP contribution in [0.2, 0.25) is 0 Å². The fourth-order valence-corrected chi connectivity index (χ4v) is 3.88. The summed E-state index contributed by atoms with van der Waals surface area (Å²) < 4.78 is 0. The zero-order valence-corrected chi connectivity index (χ0v) is 13.6. The van der Waals surface area contributed by atoms with Crippen molar-refractivity contribution in [1.29, 1.82) is 0 Å². The lowest BCUT2D eigenvalue weighted by atomic mass is 9.78. The number of hydrogen-bond donors (Lipinski definition) is 2. The molecule has 1 aliphatic rings. The number of hydrogen-bond acceptors (Lipinski definition) is 4. The number of rotatable bonds is 6. The van der Waals surface area contributed by atoms with Crippen LogP contribution in [0.15, 0.2) is 17.5 Å². The van der Waals surface area contributed by atoms with Crippen molar-refractivity contribution >= 4 is 17.3 Å². The van der Waals surface area contributed by atoms with Crippen molar-refractivity contribution in [2.24, 2.45) is 5.92 Å². The molecule has 2 N–H and O–H groups in total. The van der Waals surface area contributed by atoms with Crippen molar-refractivity contribution in [3.05, 3.63) is 22.4 Å². The first-order valence-electron chi connectivity index (χ1n) is 7.57. The Bertz CT molecular complexity index is 452. The van der Waals surface area contributed by atoms with Crippen molar-refractivity contribution in [3.8, 4) is 0 Å². The molecule has 1 unspecified atom stereocenters. The third-order valence-corrected chi connectivity index (χ3v) is 5.54. The highest BCUT2D eigenvalue weighted by molar-refractivity contribution is 7.09. The summed E-state index contributed by atoms with van der Waals surface area (Å²) >= 11 is 1.76. The minimum absolute atomic E-state index is 0.279. The molecule has 0 radical (unpaired) electrons. The Balaban J connectivity index is 1.84. The molecule has 0 aliphatic heterocycles.